The summed E-state index contributed by atoms with van der Waals surface area (Å²) in [5.41, 5.74) is 0. The largest absolute Gasteiger partial charge is 0.491 e. The van der Waals surface area contributed by atoms with Crippen molar-refractivity contribution in [2.24, 2.45) is 17.8 Å². The van der Waals surface area contributed by atoms with Crippen molar-refractivity contribution in [1.82, 2.24) is 5.32 Å². The van der Waals surface area contributed by atoms with Gasteiger partial charge < -0.3 is 19.9 Å². The summed E-state index contributed by atoms with van der Waals surface area (Å²) in [6.07, 6.45) is 2.38. The molecule has 2 N–H and O–H groups in total. The molecular formula is C26H31Cl2F2NO4. The van der Waals surface area contributed by atoms with Gasteiger partial charge >= 0.3 is 0 Å². The van der Waals surface area contributed by atoms with E-state index in [1.807, 2.05) is 0 Å². The first-order chi connectivity index (χ1) is 16.6. The van der Waals surface area contributed by atoms with E-state index in [4.69, 9.17) is 32.7 Å². The van der Waals surface area contributed by atoms with Gasteiger partial charge in [0.25, 0.3) is 5.91 Å². The molecule has 5 nitrogen and oxygen atoms in total. The number of amides is 1. The lowest BCUT2D eigenvalue weighted by atomic mass is 9.69. The van der Waals surface area contributed by atoms with Crippen LogP contribution < -0.4 is 14.8 Å². The zero-order chi connectivity index (χ0) is 25.5. The van der Waals surface area contributed by atoms with Crippen LogP contribution in [-0.2, 0) is 4.79 Å². The van der Waals surface area contributed by atoms with Crippen LogP contribution in [0.3, 0.4) is 0 Å². The molecule has 35 heavy (non-hydrogen) atoms. The van der Waals surface area contributed by atoms with Crippen molar-refractivity contribution < 1.29 is 28.2 Å². The summed E-state index contributed by atoms with van der Waals surface area (Å²) in [5.74, 6) is 0.276. The van der Waals surface area contributed by atoms with Crippen LogP contribution in [0.1, 0.15) is 39.5 Å². The minimum atomic E-state index is -0.666. The van der Waals surface area contributed by atoms with Gasteiger partial charge in [0.2, 0.25) is 0 Å². The standard InChI is InChI=1S/C26H31Cl2F2NO4/c1-15-9-17(31-26(33)14-35-20-5-8-23(28)25(30)12-20)10-16(2)21(15)6-3-18(32)13-34-19-4-7-22(27)24(29)11-19/h4-5,7-8,11-12,15-18,21,32H,3,6,9-10,13-14H2,1-2H3,(H,31,33). The van der Waals surface area contributed by atoms with Crippen molar-refractivity contribution in [3.05, 3.63) is 58.1 Å². The van der Waals surface area contributed by atoms with E-state index in [0.717, 1.165) is 25.3 Å². The van der Waals surface area contributed by atoms with Gasteiger partial charge in [-0.2, -0.15) is 0 Å². The van der Waals surface area contributed by atoms with Gasteiger partial charge in [-0.05, 0) is 67.7 Å². The molecule has 3 unspecified atom stereocenters. The van der Waals surface area contributed by atoms with Crippen molar-refractivity contribution in [3.8, 4) is 11.5 Å². The number of benzene rings is 2. The number of carbonyl (C=O) groups is 1. The Bertz CT molecular complexity index is 997. The predicted octanol–water partition coefficient (Wildman–Crippen LogP) is 6.04. The lowest BCUT2D eigenvalue weighted by Gasteiger charge is -2.39. The van der Waals surface area contributed by atoms with Crippen molar-refractivity contribution in [2.45, 2.75) is 51.7 Å². The van der Waals surface area contributed by atoms with Crippen molar-refractivity contribution in [2.75, 3.05) is 13.2 Å². The van der Waals surface area contributed by atoms with Gasteiger partial charge in [0, 0.05) is 18.2 Å². The maximum absolute atomic E-state index is 13.5. The van der Waals surface area contributed by atoms with Gasteiger partial charge in [-0.3, -0.25) is 4.79 Å². The Balaban J connectivity index is 1.39. The maximum atomic E-state index is 13.5. The van der Waals surface area contributed by atoms with E-state index in [2.05, 4.69) is 19.2 Å². The van der Waals surface area contributed by atoms with E-state index in [-0.39, 0.29) is 41.0 Å². The van der Waals surface area contributed by atoms with Crippen LogP contribution in [0.4, 0.5) is 8.78 Å². The monoisotopic (exact) mass is 529 g/mol. The molecule has 0 heterocycles. The summed E-state index contributed by atoms with van der Waals surface area (Å²) in [5, 5.41) is 13.4. The lowest BCUT2D eigenvalue weighted by molar-refractivity contribution is -0.124. The molecule has 2 aromatic rings. The van der Waals surface area contributed by atoms with E-state index in [1.165, 1.54) is 24.3 Å². The Morgan fingerprint density at radius 1 is 1.03 bits per heavy atom. The normalized spacial score (nSPS) is 22.9. The Morgan fingerprint density at radius 3 is 2.11 bits per heavy atom. The number of rotatable bonds is 10. The summed E-state index contributed by atoms with van der Waals surface area (Å²) in [6.45, 7) is 4.19. The Labute approximate surface area is 214 Å². The smallest absolute Gasteiger partial charge is 0.258 e. The number of aliphatic hydroxyl groups is 1. The molecular weight excluding hydrogens is 499 g/mol. The van der Waals surface area contributed by atoms with Crippen molar-refractivity contribution >= 4 is 29.1 Å². The topological polar surface area (TPSA) is 67.8 Å². The van der Waals surface area contributed by atoms with Crippen LogP contribution in [-0.4, -0.2) is 36.4 Å². The fourth-order valence-corrected chi connectivity index (χ4v) is 5.04. The van der Waals surface area contributed by atoms with E-state index >= 15 is 0 Å². The number of ether oxygens (including phenoxy) is 2. The molecule has 1 amide bonds. The highest BCUT2D eigenvalue weighted by atomic mass is 35.5. The molecule has 1 fully saturated rings. The van der Waals surface area contributed by atoms with E-state index in [1.54, 1.807) is 6.07 Å². The van der Waals surface area contributed by atoms with Crippen LogP contribution >= 0.6 is 23.2 Å². The highest BCUT2D eigenvalue weighted by Gasteiger charge is 2.33. The molecule has 0 saturated heterocycles. The van der Waals surface area contributed by atoms with Crippen LogP contribution in [0.2, 0.25) is 10.0 Å². The number of hydrogen-bond acceptors (Lipinski definition) is 4. The maximum Gasteiger partial charge on any atom is 0.258 e. The zero-order valence-electron chi connectivity index (χ0n) is 19.8. The molecule has 0 bridgehead atoms. The van der Waals surface area contributed by atoms with Crippen molar-refractivity contribution in [3.63, 3.8) is 0 Å². The fourth-order valence-electron chi connectivity index (χ4n) is 4.80. The first-order valence-corrected chi connectivity index (χ1v) is 12.5. The SMILES string of the molecule is CC1CC(NC(=O)COc2ccc(Cl)c(F)c2)CC(C)C1CCC(O)COc1ccc(Cl)c(F)c1. The summed E-state index contributed by atoms with van der Waals surface area (Å²) in [6, 6.07) is 8.27. The molecule has 1 saturated carbocycles. The summed E-state index contributed by atoms with van der Waals surface area (Å²) in [7, 11) is 0. The zero-order valence-corrected chi connectivity index (χ0v) is 21.3. The molecule has 192 valence electrons. The molecule has 9 heteroatoms. The van der Waals surface area contributed by atoms with E-state index in [9.17, 15) is 18.7 Å². The molecule has 3 rings (SSSR count). The first-order valence-electron chi connectivity index (χ1n) is 11.8. The summed E-state index contributed by atoms with van der Waals surface area (Å²) < 4.78 is 37.9. The third-order valence-electron chi connectivity index (χ3n) is 6.57. The third-order valence-corrected chi connectivity index (χ3v) is 7.18. The predicted molar refractivity (Wildman–Crippen MR) is 132 cm³/mol. The summed E-state index contributed by atoms with van der Waals surface area (Å²) >= 11 is 11.3. The summed E-state index contributed by atoms with van der Waals surface area (Å²) in [4.78, 5) is 12.3. The van der Waals surface area contributed by atoms with Gasteiger partial charge in [0.05, 0.1) is 16.1 Å². The third kappa shape index (κ3) is 8.23. The van der Waals surface area contributed by atoms with Crippen LogP contribution in [0.25, 0.3) is 0 Å². The molecule has 0 radical (unpaired) electrons. The molecule has 1 aliphatic carbocycles. The Morgan fingerprint density at radius 2 is 1.57 bits per heavy atom. The van der Waals surface area contributed by atoms with E-state index in [0.29, 0.717) is 29.9 Å². The fraction of sp³-hybridized carbons (Fsp3) is 0.500. The second-order valence-corrected chi connectivity index (χ2v) is 10.2. The van der Waals surface area contributed by atoms with Gasteiger partial charge in [-0.1, -0.05) is 37.0 Å². The molecule has 0 aliphatic heterocycles. The molecule has 1 aliphatic rings. The molecule has 3 atom stereocenters. The molecule has 2 aromatic carbocycles. The minimum Gasteiger partial charge on any atom is -0.491 e. The number of halogens is 4. The minimum absolute atomic E-state index is 0.00136. The van der Waals surface area contributed by atoms with Gasteiger partial charge in [0.1, 0.15) is 29.7 Å². The van der Waals surface area contributed by atoms with Crippen molar-refractivity contribution in [1.29, 1.82) is 0 Å². The Hall–Kier alpha value is -2.09. The first kappa shape index (κ1) is 27.5. The highest BCUT2D eigenvalue weighted by molar-refractivity contribution is 6.31. The van der Waals surface area contributed by atoms with E-state index < -0.39 is 17.7 Å². The van der Waals surface area contributed by atoms with Gasteiger partial charge in [-0.25, -0.2) is 8.78 Å². The average Bonchev–Trinajstić information content (AvgIpc) is 2.80. The molecule has 0 aromatic heterocycles. The second-order valence-electron chi connectivity index (χ2n) is 9.34. The van der Waals surface area contributed by atoms with Crippen LogP contribution in [0.15, 0.2) is 36.4 Å². The van der Waals surface area contributed by atoms with Crippen LogP contribution in [0.5, 0.6) is 11.5 Å². The number of carbonyl (C=O) groups excluding carboxylic acids is 1. The second kappa shape index (κ2) is 12.7. The quantitative estimate of drug-likeness (QED) is 0.393. The lowest BCUT2D eigenvalue weighted by Crippen LogP contribution is -2.45. The average molecular weight is 530 g/mol. The number of aliphatic hydroxyl groups excluding tert-OH is 1. The highest BCUT2D eigenvalue weighted by Crippen LogP contribution is 2.38. The van der Waals surface area contributed by atoms with Gasteiger partial charge in [0.15, 0.2) is 6.61 Å². The van der Waals surface area contributed by atoms with Gasteiger partial charge in [-0.15, -0.1) is 0 Å². The molecule has 0 spiro atoms. The number of hydrogen-bond donors (Lipinski definition) is 2. The van der Waals surface area contributed by atoms with Crippen LogP contribution in [0, 0.1) is 29.4 Å². The number of nitrogens with one attached hydrogen (secondary N) is 1. The Kier molecular flexibility index (Phi) is 10.0.